The third-order valence-electron chi connectivity index (χ3n) is 4.42. The van der Waals surface area contributed by atoms with Crippen molar-refractivity contribution < 1.29 is 9.59 Å². The van der Waals surface area contributed by atoms with Gasteiger partial charge in [-0.1, -0.05) is 23.7 Å². The lowest BCUT2D eigenvalue weighted by Crippen LogP contribution is -2.47. The predicted octanol–water partition coefficient (Wildman–Crippen LogP) is 2.68. The third-order valence-corrected chi connectivity index (χ3v) is 4.83. The van der Waals surface area contributed by atoms with Crippen LogP contribution in [0.3, 0.4) is 0 Å². The minimum Gasteiger partial charge on any atom is -0.335 e. The molecule has 1 aromatic carbocycles. The first-order chi connectivity index (χ1) is 12.4. The monoisotopic (exact) mass is 372 g/mol. The number of nitrogens with one attached hydrogen (secondary N) is 1. The summed E-state index contributed by atoms with van der Waals surface area (Å²) >= 11 is 6.09. The minimum absolute atomic E-state index is 0.147. The van der Waals surface area contributed by atoms with Crippen LogP contribution in [-0.2, 0) is 0 Å². The molecule has 7 heteroatoms. The van der Waals surface area contributed by atoms with E-state index in [1.54, 1.807) is 35.2 Å². The topological polar surface area (TPSA) is 65.5 Å². The fourth-order valence-corrected chi connectivity index (χ4v) is 2.90. The third kappa shape index (κ3) is 4.20. The lowest BCUT2D eigenvalue weighted by molar-refractivity contribution is 0.0658. The van der Waals surface area contributed by atoms with Gasteiger partial charge in [0, 0.05) is 36.9 Å². The highest BCUT2D eigenvalue weighted by molar-refractivity contribution is 6.31. The van der Waals surface area contributed by atoms with Crippen molar-refractivity contribution in [2.45, 2.75) is 6.92 Å². The standard InChI is InChI=1S/C19H21ClN4O2/c1-13-6-7-14(12-15(13)20)21-18(25)16-4-3-5-17(22-16)19(26)24-10-8-23(2)9-11-24/h3-7,12H,8-11H2,1-2H3,(H,21,25). The van der Waals surface area contributed by atoms with Crippen LogP contribution in [-0.4, -0.2) is 59.8 Å². The second-order valence-corrected chi connectivity index (χ2v) is 6.83. The molecule has 2 aromatic rings. The van der Waals surface area contributed by atoms with Gasteiger partial charge in [-0.25, -0.2) is 4.98 Å². The number of aryl methyl sites for hydroxylation is 1. The summed E-state index contributed by atoms with van der Waals surface area (Å²) < 4.78 is 0. The zero-order valence-electron chi connectivity index (χ0n) is 14.8. The number of pyridine rings is 1. The largest absolute Gasteiger partial charge is 0.335 e. The van der Waals surface area contributed by atoms with E-state index in [0.717, 1.165) is 18.7 Å². The molecule has 6 nitrogen and oxygen atoms in total. The summed E-state index contributed by atoms with van der Waals surface area (Å²) in [5.74, 6) is -0.524. The first-order valence-electron chi connectivity index (χ1n) is 8.46. The van der Waals surface area contributed by atoms with Gasteiger partial charge in [0.2, 0.25) is 0 Å². The average molecular weight is 373 g/mol. The number of piperazine rings is 1. The van der Waals surface area contributed by atoms with Crippen LogP contribution >= 0.6 is 11.6 Å². The second kappa shape index (κ2) is 7.85. The molecule has 1 N–H and O–H groups in total. The maximum absolute atomic E-state index is 12.6. The van der Waals surface area contributed by atoms with Gasteiger partial charge in [0.05, 0.1) is 0 Å². The summed E-state index contributed by atoms with van der Waals surface area (Å²) in [6.45, 7) is 4.88. The Morgan fingerprint density at radius 2 is 1.77 bits per heavy atom. The van der Waals surface area contributed by atoms with E-state index in [1.807, 2.05) is 20.0 Å². The van der Waals surface area contributed by atoms with Crippen LogP contribution in [0.25, 0.3) is 0 Å². The van der Waals surface area contributed by atoms with Crippen LogP contribution in [0.15, 0.2) is 36.4 Å². The molecule has 1 saturated heterocycles. The SMILES string of the molecule is Cc1ccc(NC(=O)c2cccc(C(=O)N3CCN(C)CC3)n2)cc1Cl. The van der Waals surface area contributed by atoms with Gasteiger partial charge in [0.1, 0.15) is 11.4 Å². The number of carbonyl (C=O) groups excluding carboxylic acids is 2. The molecule has 0 saturated carbocycles. The van der Waals surface area contributed by atoms with Gasteiger partial charge < -0.3 is 15.1 Å². The Hall–Kier alpha value is -2.44. The molecule has 1 aliphatic heterocycles. The summed E-state index contributed by atoms with van der Waals surface area (Å²) in [7, 11) is 2.03. The van der Waals surface area contributed by atoms with E-state index in [2.05, 4.69) is 15.2 Å². The highest BCUT2D eigenvalue weighted by Gasteiger charge is 2.22. The number of likely N-dealkylation sites (N-methyl/N-ethyl adjacent to an activating group) is 1. The molecule has 1 aliphatic rings. The van der Waals surface area contributed by atoms with Crippen molar-refractivity contribution in [3.05, 3.63) is 58.4 Å². The molecule has 0 aliphatic carbocycles. The maximum Gasteiger partial charge on any atom is 0.274 e. The van der Waals surface area contributed by atoms with Gasteiger partial charge in [-0.15, -0.1) is 0 Å². The molecule has 0 atom stereocenters. The lowest BCUT2D eigenvalue weighted by atomic mass is 10.2. The van der Waals surface area contributed by atoms with Crippen molar-refractivity contribution in [2.24, 2.45) is 0 Å². The van der Waals surface area contributed by atoms with Crippen LogP contribution in [0.2, 0.25) is 5.02 Å². The van der Waals surface area contributed by atoms with Crippen LogP contribution in [0.4, 0.5) is 5.69 Å². The van der Waals surface area contributed by atoms with E-state index in [4.69, 9.17) is 11.6 Å². The number of anilines is 1. The Balaban J connectivity index is 1.72. The number of halogens is 1. The molecular formula is C19H21ClN4O2. The first-order valence-corrected chi connectivity index (χ1v) is 8.84. The van der Waals surface area contributed by atoms with Crippen molar-refractivity contribution in [3.63, 3.8) is 0 Å². The Kier molecular flexibility index (Phi) is 5.54. The molecule has 3 rings (SSSR count). The van der Waals surface area contributed by atoms with Gasteiger partial charge in [-0.2, -0.15) is 0 Å². The van der Waals surface area contributed by atoms with Crippen LogP contribution in [0.1, 0.15) is 26.5 Å². The predicted molar refractivity (Wildman–Crippen MR) is 102 cm³/mol. The zero-order chi connectivity index (χ0) is 18.7. The van der Waals surface area contributed by atoms with E-state index >= 15 is 0 Å². The van der Waals surface area contributed by atoms with E-state index < -0.39 is 0 Å². The normalized spacial score (nSPS) is 15.0. The van der Waals surface area contributed by atoms with E-state index in [9.17, 15) is 9.59 Å². The van der Waals surface area contributed by atoms with Gasteiger partial charge in [0.15, 0.2) is 0 Å². The van der Waals surface area contributed by atoms with Gasteiger partial charge in [-0.3, -0.25) is 9.59 Å². The minimum atomic E-state index is -0.377. The summed E-state index contributed by atoms with van der Waals surface area (Å²) in [5, 5.41) is 3.34. The molecule has 1 aromatic heterocycles. The molecule has 136 valence electrons. The lowest BCUT2D eigenvalue weighted by Gasteiger charge is -2.32. The zero-order valence-corrected chi connectivity index (χ0v) is 15.6. The number of hydrogen-bond acceptors (Lipinski definition) is 4. The summed E-state index contributed by atoms with van der Waals surface area (Å²) in [5.41, 5.74) is 2.00. The van der Waals surface area contributed by atoms with Crippen LogP contribution in [0, 0.1) is 6.92 Å². The second-order valence-electron chi connectivity index (χ2n) is 6.42. The number of amides is 2. The highest BCUT2D eigenvalue weighted by atomic mass is 35.5. The van der Waals surface area contributed by atoms with Gasteiger partial charge >= 0.3 is 0 Å². The van der Waals surface area contributed by atoms with Crippen molar-refractivity contribution in [3.8, 4) is 0 Å². The number of aromatic nitrogens is 1. The molecular weight excluding hydrogens is 352 g/mol. The van der Waals surface area contributed by atoms with Crippen molar-refractivity contribution in [1.82, 2.24) is 14.8 Å². The fraction of sp³-hybridized carbons (Fsp3) is 0.316. The fourth-order valence-electron chi connectivity index (χ4n) is 2.72. The summed E-state index contributed by atoms with van der Waals surface area (Å²) in [6.07, 6.45) is 0. The molecule has 0 spiro atoms. The molecule has 0 radical (unpaired) electrons. The molecule has 26 heavy (non-hydrogen) atoms. The van der Waals surface area contributed by atoms with Crippen LogP contribution in [0.5, 0.6) is 0 Å². The first kappa shape index (κ1) is 18.4. The number of rotatable bonds is 3. The molecule has 2 heterocycles. The Labute approximate surface area is 157 Å². The van der Waals surface area contributed by atoms with E-state index in [0.29, 0.717) is 23.8 Å². The van der Waals surface area contributed by atoms with Crippen molar-refractivity contribution in [1.29, 1.82) is 0 Å². The van der Waals surface area contributed by atoms with Gasteiger partial charge in [0.25, 0.3) is 11.8 Å². The Bertz CT molecular complexity index is 832. The Morgan fingerprint density at radius 3 is 2.46 bits per heavy atom. The molecule has 2 amide bonds. The van der Waals surface area contributed by atoms with Crippen LogP contribution < -0.4 is 5.32 Å². The number of hydrogen-bond donors (Lipinski definition) is 1. The summed E-state index contributed by atoms with van der Waals surface area (Å²) in [6, 6.07) is 10.2. The quantitative estimate of drug-likeness (QED) is 0.899. The summed E-state index contributed by atoms with van der Waals surface area (Å²) in [4.78, 5) is 33.3. The number of carbonyl (C=O) groups is 2. The molecule has 0 bridgehead atoms. The molecule has 1 fully saturated rings. The maximum atomic E-state index is 12.6. The smallest absolute Gasteiger partial charge is 0.274 e. The number of benzene rings is 1. The highest BCUT2D eigenvalue weighted by Crippen LogP contribution is 2.20. The van der Waals surface area contributed by atoms with Gasteiger partial charge in [-0.05, 0) is 43.8 Å². The molecule has 0 unspecified atom stereocenters. The van der Waals surface area contributed by atoms with E-state index in [-0.39, 0.29) is 23.2 Å². The van der Waals surface area contributed by atoms with Crippen molar-refractivity contribution >= 4 is 29.1 Å². The van der Waals surface area contributed by atoms with E-state index in [1.165, 1.54) is 0 Å². The number of nitrogens with zero attached hydrogens (tertiary/aromatic N) is 3. The van der Waals surface area contributed by atoms with Crippen molar-refractivity contribution in [2.75, 3.05) is 38.5 Å². The average Bonchev–Trinajstić information content (AvgIpc) is 2.65. The Morgan fingerprint density at radius 1 is 1.08 bits per heavy atom.